The van der Waals surface area contributed by atoms with Crippen molar-refractivity contribution in [3.63, 3.8) is 0 Å². The maximum atomic E-state index is 12.2. The maximum absolute atomic E-state index is 12.2. The number of rotatable bonds is 4. The molecule has 4 heteroatoms. The average Bonchev–Trinajstić information content (AvgIpc) is 2.99. The largest absolute Gasteiger partial charge is 0.464 e. The van der Waals surface area contributed by atoms with Gasteiger partial charge in [-0.25, -0.2) is 4.79 Å². The Morgan fingerprint density at radius 1 is 1.17 bits per heavy atom. The van der Waals surface area contributed by atoms with Crippen molar-refractivity contribution < 1.29 is 14.3 Å². The summed E-state index contributed by atoms with van der Waals surface area (Å²) in [6, 6.07) is -0.321. The average molecular weight is 253 g/mol. The number of carbonyl (C=O) groups is 2. The van der Waals surface area contributed by atoms with Crippen LogP contribution >= 0.6 is 0 Å². The van der Waals surface area contributed by atoms with E-state index in [1.165, 1.54) is 25.7 Å². The first kappa shape index (κ1) is 13.4. The predicted molar refractivity (Wildman–Crippen MR) is 67.9 cm³/mol. The zero-order valence-corrected chi connectivity index (χ0v) is 11.2. The molecule has 18 heavy (non-hydrogen) atoms. The fourth-order valence-corrected chi connectivity index (χ4v) is 3.13. The van der Waals surface area contributed by atoms with Gasteiger partial charge in [0, 0.05) is 13.0 Å². The smallest absolute Gasteiger partial charge is 0.328 e. The number of hydrogen-bond donors (Lipinski definition) is 0. The lowest BCUT2D eigenvalue weighted by Crippen LogP contribution is -2.41. The van der Waals surface area contributed by atoms with E-state index in [0.717, 1.165) is 19.4 Å². The Labute approximate surface area is 109 Å². The Kier molecular flexibility index (Phi) is 4.61. The molecule has 2 rings (SSSR count). The van der Waals surface area contributed by atoms with Crippen LogP contribution in [0.25, 0.3) is 0 Å². The number of ether oxygens (including phenoxy) is 1. The zero-order chi connectivity index (χ0) is 13.0. The molecule has 1 unspecified atom stereocenters. The minimum absolute atomic E-state index is 0.150. The summed E-state index contributed by atoms with van der Waals surface area (Å²) in [6.07, 6.45) is 7.14. The van der Waals surface area contributed by atoms with Crippen LogP contribution in [-0.4, -0.2) is 36.0 Å². The molecule has 1 aliphatic heterocycles. The Bertz CT molecular complexity index is 310. The van der Waals surface area contributed by atoms with Gasteiger partial charge in [0.15, 0.2) is 0 Å². The molecule has 0 spiro atoms. The van der Waals surface area contributed by atoms with Crippen molar-refractivity contribution in [2.75, 3.05) is 13.2 Å². The van der Waals surface area contributed by atoms with E-state index in [-0.39, 0.29) is 17.9 Å². The second kappa shape index (κ2) is 6.21. The Morgan fingerprint density at radius 3 is 2.56 bits per heavy atom. The highest BCUT2D eigenvalue weighted by molar-refractivity contribution is 5.85. The molecule has 1 aliphatic carbocycles. The van der Waals surface area contributed by atoms with Crippen molar-refractivity contribution in [2.24, 2.45) is 5.92 Å². The summed E-state index contributed by atoms with van der Waals surface area (Å²) in [5.74, 6) is 0.466. The summed E-state index contributed by atoms with van der Waals surface area (Å²) >= 11 is 0. The lowest BCUT2D eigenvalue weighted by atomic mass is 10.0. The van der Waals surface area contributed by atoms with Gasteiger partial charge in [-0.05, 0) is 38.5 Å². The monoisotopic (exact) mass is 253 g/mol. The van der Waals surface area contributed by atoms with E-state index >= 15 is 0 Å². The van der Waals surface area contributed by atoms with Crippen LogP contribution < -0.4 is 0 Å². The minimum atomic E-state index is -0.321. The summed E-state index contributed by atoms with van der Waals surface area (Å²) in [5, 5.41) is 0. The van der Waals surface area contributed by atoms with Crippen LogP contribution in [0.5, 0.6) is 0 Å². The standard InChI is InChI=1S/C14H23NO3/c1-2-18-14(17)12-8-5-9-15(12)13(16)10-11-6-3-4-7-11/h11-12H,2-10H2,1H3. The zero-order valence-electron chi connectivity index (χ0n) is 11.2. The molecule has 4 nitrogen and oxygen atoms in total. The molecule has 2 aliphatic rings. The van der Waals surface area contributed by atoms with Gasteiger partial charge >= 0.3 is 5.97 Å². The molecule has 1 saturated heterocycles. The van der Waals surface area contributed by atoms with Gasteiger partial charge in [0.25, 0.3) is 0 Å². The van der Waals surface area contributed by atoms with E-state index < -0.39 is 0 Å². The van der Waals surface area contributed by atoms with Gasteiger partial charge in [-0.2, -0.15) is 0 Å². The molecule has 0 aromatic carbocycles. The van der Waals surface area contributed by atoms with Crippen LogP contribution in [-0.2, 0) is 14.3 Å². The van der Waals surface area contributed by atoms with Gasteiger partial charge in [-0.15, -0.1) is 0 Å². The number of amides is 1. The first-order valence-electron chi connectivity index (χ1n) is 7.18. The topological polar surface area (TPSA) is 46.6 Å². The van der Waals surface area contributed by atoms with Crippen molar-refractivity contribution in [1.29, 1.82) is 0 Å². The third kappa shape index (κ3) is 3.03. The number of carbonyl (C=O) groups excluding carboxylic acids is 2. The van der Waals surface area contributed by atoms with Crippen LogP contribution in [0, 0.1) is 5.92 Å². The van der Waals surface area contributed by atoms with E-state index in [1.807, 2.05) is 0 Å². The van der Waals surface area contributed by atoms with Gasteiger partial charge in [-0.3, -0.25) is 4.79 Å². The van der Waals surface area contributed by atoms with Gasteiger partial charge in [0.2, 0.25) is 5.91 Å². The van der Waals surface area contributed by atoms with Crippen molar-refractivity contribution in [3.05, 3.63) is 0 Å². The highest BCUT2D eigenvalue weighted by Gasteiger charge is 2.35. The lowest BCUT2D eigenvalue weighted by Gasteiger charge is -2.24. The molecule has 1 saturated carbocycles. The van der Waals surface area contributed by atoms with Crippen LogP contribution in [0.4, 0.5) is 0 Å². The number of likely N-dealkylation sites (tertiary alicyclic amines) is 1. The molecular weight excluding hydrogens is 230 g/mol. The van der Waals surface area contributed by atoms with Gasteiger partial charge in [0.1, 0.15) is 6.04 Å². The van der Waals surface area contributed by atoms with E-state index in [2.05, 4.69) is 0 Å². The molecule has 0 aromatic heterocycles. The van der Waals surface area contributed by atoms with E-state index in [9.17, 15) is 9.59 Å². The third-order valence-corrected chi connectivity index (χ3v) is 4.07. The van der Waals surface area contributed by atoms with Gasteiger partial charge in [0.05, 0.1) is 6.61 Å². The molecule has 0 N–H and O–H groups in total. The van der Waals surface area contributed by atoms with Crippen molar-refractivity contribution in [1.82, 2.24) is 4.90 Å². The van der Waals surface area contributed by atoms with Gasteiger partial charge < -0.3 is 9.64 Å². The predicted octanol–water partition coefficient (Wildman–Crippen LogP) is 2.12. The van der Waals surface area contributed by atoms with Crippen LogP contribution in [0.15, 0.2) is 0 Å². The fraction of sp³-hybridized carbons (Fsp3) is 0.857. The number of esters is 1. The quantitative estimate of drug-likeness (QED) is 0.721. The second-order valence-corrected chi connectivity index (χ2v) is 5.35. The number of nitrogens with zero attached hydrogens (tertiary/aromatic N) is 1. The van der Waals surface area contributed by atoms with Crippen molar-refractivity contribution in [2.45, 2.75) is 57.9 Å². The second-order valence-electron chi connectivity index (χ2n) is 5.35. The molecule has 0 radical (unpaired) electrons. The molecule has 1 heterocycles. The summed E-state index contributed by atoms with van der Waals surface area (Å²) in [5.41, 5.74) is 0. The molecule has 1 atom stereocenters. The summed E-state index contributed by atoms with van der Waals surface area (Å²) in [7, 11) is 0. The van der Waals surface area contributed by atoms with Gasteiger partial charge in [-0.1, -0.05) is 12.8 Å². The summed E-state index contributed by atoms with van der Waals surface area (Å²) in [6.45, 7) is 2.91. The third-order valence-electron chi connectivity index (χ3n) is 4.07. The van der Waals surface area contributed by atoms with Crippen molar-refractivity contribution >= 4 is 11.9 Å². The maximum Gasteiger partial charge on any atom is 0.328 e. The molecule has 0 bridgehead atoms. The molecule has 2 fully saturated rings. The number of hydrogen-bond acceptors (Lipinski definition) is 3. The normalized spacial score (nSPS) is 24.5. The lowest BCUT2D eigenvalue weighted by molar-refractivity contribution is -0.153. The molecular formula is C14H23NO3. The SMILES string of the molecule is CCOC(=O)C1CCCN1C(=O)CC1CCCC1. The van der Waals surface area contributed by atoms with E-state index in [0.29, 0.717) is 18.9 Å². The molecule has 1 amide bonds. The van der Waals surface area contributed by atoms with E-state index in [4.69, 9.17) is 4.74 Å². The summed E-state index contributed by atoms with van der Waals surface area (Å²) < 4.78 is 5.04. The fourth-order valence-electron chi connectivity index (χ4n) is 3.13. The molecule has 0 aromatic rings. The van der Waals surface area contributed by atoms with Crippen LogP contribution in [0.2, 0.25) is 0 Å². The first-order chi connectivity index (χ1) is 8.72. The highest BCUT2D eigenvalue weighted by Crippen LogP contribution is 2.29. The van der Waals surface area contributed by atoms with E-state index in [1.54, 1.807) is 11.8 Å². The molecule has 102 valence electrons. The Balaban J connectivity index is 1.89. The van der Waals surface area contributed by atoms with Crippen LogP contribution in [0.1, 0.15) is 51.9 Å². The van der Waals surface area contributed by atoms with Crippen LogP contribution in [0.3, 0.4) is 0 Å². The Morgan fingerprint density at radius 2 is 1.89 bits per heavy atom. The minimum Gasteiger partial charge on any atom is -0.464 e. The first-order valence-corrected chi connectivity index (χ1v) is 7.18. The highest BCUT2D eigenvalue weighted by atomic mass is 16.5. The Hall–Kier alpha value is -1.06. The summed E-state index contributed by atoms with van der Waals surface area (Å²) in [4.78, 5) is 25.8. The van der Waals surface area contributed by atoms with Crippen molar-refractivity contribution in [3.8, 4) is 0 Å².